The summed E-state index contributed by atoms with van der Waals surface area (Å²) in [6.07, 6.45) is 3.07. The van der Waals surface area contributed by atoms with E-state index in [0.717, 1.165) is 12.0 Å². The number of hydrogen-bond acceptors (Lipinski definition) is 3. The minimum atomic E-state index is -3.21. The van der Waals surface area contributed by atoms with Crippen molar-refractivity contribution in [3.05, 3.63) is 35.9 Å². The van der Waals surface area contributed by atoms with Crippen LogP contribution < -0.4 is 10.0 Å². The van der Waals surface area contributed by atoms with E-state index in [0.29, 0.717) is 19.1 Å². The van der Waals surface area contributed by atoms with Gasteiger partial charge in [0.15, 0.2) is 0 Å². The number of nitrogens with one attached hydrogen (secondary N) is 2. The summed E-state index contributed by atoms with van der Waals surface area (Å²) in [7, 11) is -3.21. The van der Waals surface area contributed by atoms with E-state index in [-0.39, 0.29) is 5.25 Å². The Balaban J connectivity index is 1.73. The van der Waals surface area contributed by atoms with Gasteiger partial charge in [-0.1, -0.05) is 30.3 Å². The van der Waals surface area contributed by atoms with Gasteiger partial charge in [-0.2, -0.15) is 0 Å². The van der Waals surface area contributed by atoms with Crippen molar-refractivity contribution in [2.75, 3.05) is 13.1 Å². The van der Waals surface area contributed by atoms with Crippen molar-refractivity contribution in [3.63, 3.8) is 0 Å². The SMILES string of the molecule is CC(CNC1CC1)S(=O)(=O)NCCc1ccccc1. The summed E-state index contributed by atoms with van der Waals surface area (Å²) in [6, 6.07) is 10.4. The number of hydrogen-bond donors (Lipinski definition) is 2. The van der Waals surface area contributed by atoms with E-state index in [2.05, 4.69) is 10.0 Å². The van der Waals surface area contributed by atoms with E-state index < -0.39 is 10.0 Å². The van der Waals surface area contributed by atoms with E-state index in [1.54, 1.807) is 6.92 Å². The zero-order valence-corrected chi connectivity index (χ0v) is 12.1. The van der Waals surface area contributed by atoms with Crippen LogP contribution in [0.25, 0.3) is 0 Å². The van der Waals surface area contributed by atoms with Gasteiger partial charge in [0.05, 0.1) is 5.25 Å². The van der Waals surface area contributed by atoms with Crippen LogP contribution in [0.4, 0.5) is 0 Å². The minimum absolute atomic E-state index is 0.385. The molecular weight excluding hydrogens is 260 g/mol. The van der Waals surface area contributed by atoms with E-state index in [4.69, 9.17) is 0 Å². The molecule has 19 heavy (non-hydrogen) atoms. The third-order valence-electron chi connectivity index (χ3n) is 3.36. The molecule has 1 saturated carbocycles. The van der Waals surface area contributed by atoms with Gasteiger partial charge in [0.25, 0.3) is 0 Å². The Bertz CT molecular complexity index is 483. The second-order valence-electron chi connectivity index (χ2n) is 5.17. The fourth-order valence-corrected chi connectivity index (χ4v) is 2.84. The first-order valence-electron chi connectivity index (χ1n) is 6.84. The Morgan fingerprint density at radius 3 is 2.58 bits per heavy atom. The summed E-state index contributed by atoms with van der Waals surface area (Å²) in [5.41, 5.74) is 1.15. The summed E-state index contributed by atoms with van der Waals surface area (Å²) in [5, 5.41) is 2.87. The normalized spacial score (nSPS) is 17.3. The number of benzene rings is 1. The van der Waals surface area contributed by atoms with Gasteiger partial charge in [-0.15, -0.1) is 0 Å². The molecule has 0 aliphatic heterocycles. The first-order valence-corrected chi connectivity index (χ1v) is 8.38. The van der Waals surface area contributed by atoms with Crippen LogP contribution in [0.15, 0.2) is 30.3 Å². The van der Waals surface area contributed by atoms with Gasteiger partial charge in [-0.3, -0.25) is 0 Å². The van der Waals surface area contributed by atoms with Gasteiger partial charge in [0.1, 0.15) is 0 Å². The standard InChI is InChI=1S/C14H22N2O2S/c1-12(11-15-14-7-8-14)19(17,18)16-10-9-13-5-3-2-4-6-13/h2-6,12,14-16H,7-11H2,1H3. The minimum Gasteiger partial charge on any atom is -0.313 e. The first kappa shape index (κ1) is 14.5. The van der Waals surface area contributed by atoms with Crippen LogP contribution in [0.5, 0.6) is 0 Å². The maximum atomic E-state index is 12.0. The van der Waals surface area contributed by atoms with Crippen LogP contribution in [-0.2, 0) is 16.4 Å². The Labute approximate surface area is 115 Å². The molecule has 0 spiro atoms. The maximum absolute atomic E-state index is 12.0. The summed E-state index contributed by atoms with van der Waals surface area (Å²) < 4.78 is 26.7. The van der Waals surface area contributed by atoms with Crippen LogP contribution in [0.2, 0.25) is 0 Å². The van der Waals surface area contributed by atoms with Gasteiger partial charge in [0, 0.05) is 19.1 Å². The van der Waals surface area contributed by atoms with Crippen molar-refractivity contribution in [1.29, 1.82) is 0 Å². The smallest absolute Gasteiger partial charge is 0.215 e. The van der Waals surface area contributed by atoms with Crippen molar-refractivity contribution >= 4 is 10.0 Å². The van der Waals surface area contributed by atoms with Gasteiger partial charge >= 0.3 is 0 Å². The lowest BCUT2D eigenvalue weighted by atomic mass is 10.2. The molecule has 1 aromatic carbocycles. The molecule has 2 rings (SSSR count). The van der Waals surface area contributed by atoms with Crippen molar-refractivity contribution in [3.8, 4) is 0 Å². The van der Waals surface area contributed by atoms with Gasteiger partial charge in [-0.25, -0.2) is 13.1 Å². The molecular formula is C14H22N2O2S. The summed E-state index contributed by atoms with van der Waals surface area (Å²) in [5.74, 6) is 0. The van der Waals surface area contributed by atoms with Crippen molar-refractivity contribution in [2.24, 2.45) is 0 Å². The van der Waals surface area contributed by atoms with Gasteiger partial charge in [0.2, 0.25) is 10.0 Å². The van der Waals surface area contributed by atoms with Crippen LogP contribution >= 0.6 is 0 Å². The lowest BCUT2D eigenvalue weighted by Crippen LogP contribution is -2.40. The van der Waals surface area contributed by atoms with Crippen LogP contribution in [0.1, 0.15) is 25.3 Å². The molecule has 1 unspecified atom stereocenters. The fraction of sp³-hybridized carbons (Fsp3) is 0.571. The van der Waals surface area contributed by atoms with E-state index in [1.807, 2.05) is 30.3 Å². The van der Waals surface area contributed by atoms with E-state index in [9.17, 15) is 8.42 Å². The molecule has 1 fully saturated rings. The van der Waals surface area contributed by atoms with Gasteiger partial charge < -0.3 is 5.32 Å². The average Bonchev–Trinajstić information content (AvgIpc) is 3.21. The Morgan fingerprint density at radius 1 is 1.26 bits per heavy atom. The predicted octanol–water partition coefficient (Wildman–Crippen LogP) is 1.29. The molecule has 0 amide bonds. The van der Waals surface area contributed by atoms with Crippen LogP contribution in [0.3, 0.4) is 0 Å². The highest BCUT2D eigenvalue weighted by molar-refractivity contribution is 7.90. The van der Waals surface area contributed by atoms with Crippen molar-refractivity contribution in [1.82, 2.24) is 10.0 Å². The molecule has 0 bridgehead atoms. The molecule has 0 aromatic heterocycles. The second-order valence-corrected chi connectivity index (χ2v) is 7.35. The Hall–Kier alpha value is -0.910. The maximum Gasteiger partial charge on any atom is 0.215 e. The Kier molecular flexibility index (Phi) is 4.96. The first-order chi connectivity index (χ1) is 9.08. The lowest BCUT2D eigenvalue weighted by molar-refractivity contribution is 0.557. The van der Waals surface area contributed by atoms with E-state index in [1.165, 1.54) is 12.8 Å². The zero-order valence-electron chi connectivity index (χ0n) is 11.3. The molecule has 0 radical (unpaired) electrons. The quantitative estimate of drug-likeness (QED) is 0.755. The highest BCUT2D eigenvalue weighted by Gasteiger charge is 2.25. The molecule has 1 aliphatic rings. The van der Waals surface area contributed by atoms with Crippen LogP contribution in [-0.4, -0.2) is 32.8 Å². The monoisotopic (exact) mass is 282 g/mol. The molecule has 5 heteroatoms. The highest BCUT2D eigenvalue weighted by atomic mass is 32.2. The van der Waals surface area contributed by atoms with E-state index >= 15 is 0 Å². The number of sulfonamides is 1. The molecule has 106 valence electrons. The average molecular weight is 282 g/mol. The number of rotatable bonds is 8. The van der Waals surface area contributed by atoms with Crippen molar-refractivity contribution < 1.29 is 8.42 Å². The molecule has 2 N–H and O–H groups in total. The topological polar surface area (TPSA) is 58.2 Å². The lowest BCUT2D eigenvalue weighted by Gasteiger charge is -2.14. The molecule has 1 aliphatic carbocycles. The van der Waals surface area contributed by atoms with Crippen molar-refractivity contribution in [2.45, 2.75) is 37.5 Å². The third-order valence-corrected chi connectivity index (χ3v) is 5.19. The third kappa shape index (κ3) is 4.93. The van der Waals surface area contributed by atoms with Gasteiger partial charge in [-0.05, 0) is 31.7 Å². The van der Waals surface area contributed by atoms with Crippen LogP contribution in [0, 0.1) is 0 Å². The summed E-state index contributed by atoms with van der Waals surface area (Å²) in [4.78, 5) is 0. The summed E-state index contributed by atoms with van der Waals surface area (Å²) >= 11 is 0. The largest absolute Gasteiger partial charge is 0.313 e. The molecule has 1 atom stereocenters. The fourth-order valence-electron chi connectivity index (χ4n) is 1.85. The second kappa shape index (κ2) is 6.50. The molecule has 1 aromatic rings. The highest BCUT2D eigenvalue weighted by Crippen LogP contribution is 2.18. The summed E-state index contributed by atoms with van der Waals surface area (Å²) in [6.45, 7) is 2.74. The Morgan fingerprint density at radius 2 is 1.95 bits per heavy atom. The molecule has 0 heterocycles. The zero-order chi connectivity index (χ0) is 13.7. The predicted molar refractivity (Wildman–Crippen MR) is 77.6 cm³/mol. The molecule has 0 saturated heterocycles. The molecule has 4 nitrogen and oxygen atoms in total.